The number of likely N-dealkylation sites (N-methyl/N-ethyl adjacent to an activating group) is 1. The number of carbonyl (C=O) groups is 1. The maximum atomic E-state index is 12.6. The number of methoxy groups -OCH3 is 1. The molecule has 1 amide bonds. The molecule has 24 heavy (non-hydrogen) atoms. The zero-order valence-electron chi connectivity index (χ0n) is 14.2. The number of nitrogens with zero attached hydrogens (tertiary/aromatic N) is 3. The highest BCUT2D eigenvalue weighted by Crippen LogP contribution is 2.20. The number of hydrogen-bond acceptors (Lipinski definition) is 5. The molecule has 7 nitrogen and oxygen atoms in total. The van der Waals surface area contributed by atoms with Crippen LogP contribution in [0.5, 0.6) is 0 Å². The van der Waals surface area contributed by atoms with E-state index >= 15 is 0 Å². The van der Waals surface area contributed by atoms with Gasteiger partial charge in [-0.1, -0.05) is 19.1 Å². The molecule has 1 fully saturated rings. The minimum Gasteiger partial charge on any atom is -0.383 e. The molecule has 1 aromatic carbocycles. The molecule has 3 rings (SSSR count). The van der Waals surface area contributed by atoms with Crippen LogP contribution >= 0.6 is 0 Å². The van der Waals surface area contributed by atoms with Crippen LogP contribution < -0.4 is 5.32 Å². The lowest BCUT2D eigenvalue weighted by molar-refractivity contribution is -0.133. The van der Waals surface area contributed by atoms with Gasteiger partial charge in [-0.25, -0.2) is 4.98 Å². The number of anilines is 1. The zero-order valence-corrected chi connectivity index (χ0v) is 14.2. The van der Waals surface area contributed by atoms with E-state index < -0.39 is 6.10 Å². The first-order valence-corrected chi connectivity index (χ1v) is 8.32. The van der Waals surface area contributed by atoms with Gasteiger partial charge in [0.15, 0.2) is 0 Å². The largest absolute Gasteiger partial charge is 0.383 e. The van der Waals surface area contributed by atoms with Gasteiger partial charge in [0.1, 0.15) is 6.10 Å². The molecule has 0 bridgehead atoms. The summed E-state index contributed by atoms with van der Waals surface area (Å²) in [6, 6.07) is 7.82. The van der Waals surface area contributed by atoms with Crippen LogP contribution in [0, 0.1) is 0 Å². The SMILES string of the molecule is CCN1CCOC(C(=O)Nc2nc3ccccc3n2CCOC)C1. The van der Waals surface area contributed by atoms with Crippen LogP contribution in [0.15, 0.2) is 24.3 Å². The van der Waals surface area contributed by atoms with Crippen LogP contribution in [0.3, 0.4) is 0 Å². The fraction of sp³-hybridized carbons (Fsp3) is 0.529. The molecule has 0 spiro atoms. The normalized spacial score (nSPS) is 18.8. The first-order valence-electron chi connectivity index (χ1n) is 8.32. The number of aromatic nitrogens is 2. The Labute approximate surface area is 141 Å². The van der Waals surface area contributed by atoms with Crippen molar-refractivity contribution in [1.82, 2.24) is 14.5 Å². The van der Waals surface area contributed by atoms with E-state index in [0.717, 1.165) is 24.1 Å². The highest BCUT2D eigenvalue weighted by Gasteiger charge is 2.27. The second-order valence-electron chi connectivity index (χ2n) is 5.81. The lowest BCUT2D eigenvalue weighted by atomic mass is 10.2. The highest BCUT2D eigenvalue weighted by molar-refractivity contribution is 5.94. The molecule has 2 heterocycles. The van der Waals surface area contributed by atoms with Crippen LogP contribution in [0.1, 0.15) is 6.92 Å². The number of ether oxygens (including phenoxy) is 2. The third-order valence-corrected chi connectivity index (χ3v) is 4.30. The Hall–Kier alpha value is -1.96. The summed E-state index contributed by atoms with van der Waals surface area (Å²) in [7, 11) is 1.66. The van der Waals surface area contributed by atoms with Gasteiger partial charge in [0, 0.05) is 26.7 Å². The van der Waals surface area contributed by atoms with Crippen LogP contribution in [0.25, 0.3) is 11.0 Å². The first kappa shape index (κ1) is 16.9. The summed E-state index contributed by atoms with van der Waals surface area (Å²) in [5.41, 5.74) is 1.83. The highest BCUT2D eigenvalue weighted by atomic mass is 16.5. The van der Waals surface area contributed by atoms with Crippen molar-refractivity contribution in [2.75, 3.05) is 45.3 Å². The van der Waals surface area contributed by atoms with Crippen molar-refractivity contribution in [1.29, 1.82) is 0 Å². The summed E-state index contributed by atoms with van der Waals surface area (Å²) in [6.45, 7) is 6.23. The molecule has 0 radical (unpaired) electrons. The molecule has 0 saturated carbocycles. The molecule has 1 aliphatic rings. The second-order valence-corrected chi connectivity index (χ2v) is 5.81. The summed E-state index contributed by atoms with van der Waals surface area (Å²) in [5, 5.41) is 2.93. The molecule has 1 unspecified atom stereocenters. The van der Waals surface area contributed by atoms with Gasteiger partial charge in [0.05, 0.1) is 24.2 Å². The molecule has 1 atom stereocenters. The Morgan fingerprint density at radius 3 is 3.08 bits per heavy atom. The molecule has 1 N–H and O–H groups in total. The minimum absolute atomic E-state index is 0.151. The molecule has 7 heteroatoms. The van der Waals surface area contributed by atoms with E-state index in [1.54, 1.807) is 7.11 Å². The number of nitrogens with one attached hydrogen (secondary N) is 1. The Morgan fingerprint density at radius 2 is 2.29 bits per heavy atom. The average molecular weight is 332 g/mol. The maximum absolute atomic E-state index is 12.6. The smallest absolute Gasteiger partial charge is 0.257 e. The lowest BCUT2D eigenvalue weighted by Gasteiger charge is -2.31. The second kappa shape index (κ2) is 7.74. The van der Waals surface area contributed by atoms with Crippen LogP contribution in [-0.2, 0) is 20.8 Å². The molecule has 1 aromatic heterocycles. The van der Waals surface area contributed by atoms with Crippen molar-refractivity contribution >= 4 is 22.9 Å². The van der Waals surface area contributed by atoms with Crippen molar-refractivity contribution in [3.05, 3.63) is 24.3 Å². The molecular weight excluding hydrogens is 308 g/mol. The van der Waals surface area contributed by atoms with E-state index in [4.69, 9.17) is 9.47 Å². The number of hydrogen-bond donors (Lipinski definition) is 1. The summed E-state index contributed by atoms with van der Waals surface area (Å²) >= 11 is 0. The van der Waals surface area contributed by atoms with Crippen LogP contribution in [0.4, 0.5) is 5.95 Å². The fourth-order valence-electron chi connectivity index (χ4n) is 2.92. The zero-order chi connectivity index (χ0) is 16.9. The Bertz CT molecular complexity index is 700. The van der Waals surface area contributed by atoms with Gasteiger partial charge >= 0.3 is 0 Å². The van der Waals surface area contributed by atoms with E-state index in [2.05, 4.69) is 22.1 Å². The van der Waals surface area contributed by atoms with Gasteiger partial charge in [-0.05, 0) is 18.7 Å². The van der Waals surface area contributed by atoms with Gasteiger partial charge in [-0.3, -0.25) is 15.0 Å². The number of carbonyl (C=O) groups excluding carboxylic acids is 1. The summed E-state index contributed by atoms with van der Waals surface area (Å²) in [4.78, 5) is 19.3. The summed E-state index contributed by atoms with van der Waals surface area (Å²) in [6.07, 6.45) is -0.464. The number of benzene rings is 1. The molecule has 0 aliphatic carbocycles. The quantitative estimate of drug-likeness (QED) is 0.865. The van der Waals surface area contributed by atoms with Crippen molar-refractivity contribution in [2.45, 2.75) is 19.6 Å². The van der Waals surface area contributed by atoms with Crippen molar-refractivity contribution in [3.63, 3.8) is 0 Å². The minimum atomic E-state index is -0.464. The van der Waals surface area contributed by atoms with Crippen LogP contribution in [-0.4, -0.2) is 66.4 Å². The van der Waals surface area contributed by atoms with Gasteiger partial charge in [0.2, 0.25) is 5.95 Å². The molecule has 2 aromatic rings. The molecule has 1 aliphatic heterocycles. The van der Waals surface area contributed by atoms with E-state index in [9.17, 15) is 4.79 Å². The van der Waals surface area contributed by atoms with Crippen molar-refractivity contribution in [3.8, 4) is 0 Å². The van der Waals surface area contributed by atoms with Crippen molar-refractivity contribution < 1.29 is 14.3 Å². The van der Waals surface area contributed by atoms with E-state index in [0.29, 0.717) is 32.3 Å². The van der Waals surface area contributed by atoms with Gasteiger partial charge in [-0.15, -0.1) is 0 Å². The topological polar surface area (TPSA) is 68.6 Å². The van der Waals surface area contributed by atoms with Crippen LogP contribution in [0.2, 0.25) is 0 Å². The maximum Gasteiger partial charge on any atom is 0.257 e. The number of para-hydroxylation sites is 2. The Kier molecular flexibility index (Phi) is 5.44. The number of rotatable bonds is 6. The third kappa shape index (κ3) is 3.58. The fourth-order valence-corrected chi connectivity index (χ4v) is 2.92. The van der Waals surface area contributed by atoms with E-state index in [1.807, 2.05) is 28.8 Å². The monoisotopic (exact) mass is 332 g/mol. The van der Waals surface area contributed by atoms with E-state index in [1.165, 1.54) is 0 Å². The van der Waals surface area contributed by atoms with Gasteiger partial charge in [-0.2, -0.15) is 0 Å². The third-order valence-electron chi connectivity index (χ3n) is 4.30. The summed E-state index contributed by atoms with van der Waals surface area (Å²) < 4.78 is 12.8. The average Bonchev–Trinajstić information content (AvgIpc) is 2.97. The van der Waals surface area contributed by atoms with E-state index in [-0.39, 0.29) is 5.91 Å². The predicted octanol–water partition coefficient (Wildman–Crippen LogP) is 1.34. The molecule has 130 valence electrons. The number of fused-ring (bicyclic) bond motifs is 1. The Morgan fingerprint density at radius 1 is 1.46 bits per heavy atom. The number of amides is 1. The predicted molar refractivity (Wildman–Crippen MR) is 92.1 cm³/mol. The lowest BCUT2D eigenvalue weighted by Crippen LogP contribution is -2.47. The van der Waals surface area contributed by atoms with Gasteiger partial charge in [0.25, 0.3) is 5.91 Å². The number of morpholine rings is 1. The standard InChI is InChI=1S/C17H24N4O3/c1-3-20-8-11-24-15(12-20)16(22)19-17-18-13-6-4-5-7-14(13)21(17)9-10-23-2/h4-7,15H,3,8-12H2,1-2H3,(H,18,19,22). The molecular formula is C17H24N4O3. The Balaban J connectivity index is 1.79. The van der Waals surface area contributed by atoms with Gasteiger partial charge < -0.3 is 14.0 Å². The van der Waals surface area contributed by atoms with Crippen molar-refractivity contribution in [2.24, 2.45) is 0 Å². The molecule has 1 saturated heterocycles. The first-order chi connectivity index (χ1) is 11.7. The number of imidazole rings is 1. The summed E-state index contributed by atoms with van der Waals surface area (Å²) in [5.74, 6) is 0.387.